The molecule has 29 heavy (non-hydrogen) atoms. The molecule has 0 bridgehead atoms. The maximum atomic E-state index is 6.09. The summed E-state index contributed by atoms with van der Waals surface area (Å²) in [4.78, 5) is 6.66. The normalized spacial score (nSPS) is 10.5. The van der Waals surface area contributed by atoms with Crippen LogP contribution < -0.4 is 15.4 Å². The van der Waals surface area contributed by atoms with Gasteiger partial charge in [-0.25, -0.2) is 0 Å². The Morgan fingerprint density at radius 3 is 2.41 bits per heavy atom. The molecule has 1 aromatic heterocycles. The van der Waals surface area contributed by atoms with Gasteiger partial charge in [-0.3, -0.25) is 0 Å². The third kappa shape index (κ3) is 5.08. The van der Waals surface area contributed by atoms with Crippen LogP contribution in [0.1, 0.15) is 11.1 Å². The average molecular weight is 410 g/mol. The Morgan fingerprint density at radius 2 is 1.62 bits per heavy atom. The zero-order valence-electron chi connectivity index (χ0n) is 16.0. The standard InChI is InChI=1S/C23H23N3O2.ClH/c24-14-15-26(23-25-20-11-5-7-13-22(20)28-23)16-19-10-4-6-12-21(19)27-17-18-8-2-1-3-9-18;/h1-13H,14-17,24H2;1H. The van der Waals surface area contributed by atoms with Crippen LogP contribution in [0, 0.1) is 0 Å². The van der Waals surface area contributed by atoms with E-state index >= 15 is 0 Å². The smallest absolute Gasteiger partial charge is 0.298 e. The van der Waals surface area contributed by atoms with Gasteiger partial charge in [-0.05, 0) is 23.8 Å². The third-order valence-electron chi connectivity index (χ3n) is 4.52. The largest absolute Gasteiger partial charge is 0.489 e. The first-order valence-electron chi connectivity index (χ1n) is 9.39. The molecule has 5 nitrogen and oxygen atoms in total. The molecular formula is C23H24ClN3O2. The lowest BCUT2D eigenvalue weighted by Crippen LogP contribution is -2.29. The number of oxazole rings is 1. The van der Waals surface area contributed by atoms with E-state index in [2.05, 4.69) is 23.2 Å². The molecule has 4 aromatic rings. The highest BCUT2D eigenvalue weighted by Crippen LogP contribution is 2.26. The second-order valence-electron chi connectivity index (χ2n) is 6.56. The predicted molar refractivity (Wildman–Crippen MR) is 119 cm³/mol. The maximum Gasteiger partial charge on any atom is 0.298 e. The van der Waals surface area contributed by atoms with Crippen LogP contribution in [0.25, 0.3) is 11.1 Å². The maximum absolute atomic E-state index is 6.09. The number of hydrogen-bond acceptors (Lipinski definition) is 5. The molecule has 0 radical (unpaired) electrons. The summed E-state index contributed by atoms with van der Waals surface area (Å²) in [7, 11) is 0. The summed E-state index contributed by atoms with van der Waals surface area (Å²) in [5.41, 5.74) is 9.66. The minimum atomic E-state index is 0. The van der Waals surface area contributed by atoms with E-state index in [1.54, 1.807) is 0 Å². The summed E-state index contributed by atoms with van der Waals surface area (Å²) in [5, 5.41) is 0. The molecule has 0 aliphatic carbocycles. The van der Waals surface area contributed by atoms with Crippen LogP contribution in [-0.2, 0) is 13.2 Å². The lowest BCUT2D eigenvalue weighted by molar-refractivity contribution is 0.302. The van der Waals surface area contributed by atoms with E-state index in [-0.39, 0.29) is 12.4 Å². The summed E-state index contributed by atoms with van der Waals surface area (Å²) in [6.07, 6.45) is 0. The fourth-order valence-corrected chi connectivity index (χ4v) is 3.11. The van der Waals surface area contributed by atoms with E-state index in [4.69, 9.17) is 14.9 Å². The van der Waals surface area contributed by atoms with Crippen molar-refractivity contribution < 1.29 is 9.15 Å². The number of fused-ring (bicyclic) bond motifs is 1. The zero-order chi connectivity index (χ0) is 19.2. The van der Waals surface area contributed by atoms with Crippen LogP contribution in [0.5, 0.6) is 5.75 Å². The zero-order valence-corrected chi connectivity index (χ0v) is 16.8. The molecule has 0 fully saturated rings. The first-order valence-corrected chi connectivity index (χ1v) is 9.39. The number of hydrogen-bond donors (Lipinski definition) is 1. The van der Waals surface area contributed by atoms with Crippen molar-refractivity contribution in [3.63, 3.8) is 0 Å². The van der Waals surface area contributed by atoms with E-state index in [0.29, 0.717) is 32.3 Å². The number of ether oxygens (including phenoxy) is 1. The van der Waals surface area contributed by atoms with Gasteiger partial charge in [0.15, 0.2) is 5.58 Å². The van der Waals surface area contributed by atoms with E-state index in [0.717, 1.165) is 28.0 Å². The van der Waals surface area contributed by atoms with Gasteiger partial charge in [0.05, 0.1) is 6.54 Å². The molecule has 6 heteroatoms. The van der Waals surface area contributed by atoms with Crippen molar-refractivity contribution in [2.75, 3.05) is 18.0 Å². The quantitative estimate of drug-likeness (QED) is 0.453. The summed E-state index contributed by atoms with van der Waals surface area (Å²) >= 11 is 0. The number of para-hydroxylation sites is 3. The van der Waals surface area contributed by atoms with Crippen molar-refractivity contribution in [2.45, 2.75) is 13.2 Å². The highest BCUT2D eigenvalue weighted by Gasteiger charge is 2.16. The Hall–Kier alpha value is -3.02. The molecule has 0 atom stereocenters. The monoisotopic (exact) mass is 409 g/mol. The number of nitrogens with two attached hydrogens (primary N) is 1. The van der Waals surface area contributed by atoms with Crippen LogP contribution in [0.2, 0.25) is 0 Å². The van der Waals surface area contributed by atoms with Gasteiger partial charge in [0, 0.05) is 18.7 Å². The van der Waals surface area contributed by atoms with Gasteiger partial charge in [0.25, 0.3) is 6.01 Å². The second kappa shape index (κ2) is 9.96. The van der Waals surface area contributed by atoms with Gasteiger partial charge in [-0.15, -0.1) is 12.4 Å². The van der Waals surface area contributed by atoms with Crippen molar-refractivity contribution in [3.8, 4) is 5.75 Å². The average Bonchev–Trinajstić information content (AvgIpc) is 3.18. The molecule has 0 spiro atoms. The highest BCUT2D eigenvalue weighted by atomic mass is 35.5. The molecule has 0 aliphatic heterocycles. The highest BCUT2D eigenvalue weighted by molar-refractivity contribution is 5.85. The Labute approximate surface area is 176 Å². The lowest BCUT2D eigenvalue weighted by atomic mass is 10.2. The van der Waals surface area contributed by atoms with Gasteiger partial charge in [0.2, 0.25) is 0 Å². The van der Waals surface area contributed by atoms with E-state index in [1.807, 2.05) is 65.6 Å². The molecule has 0 saturated heterocycles. The van der Waals surface area contributed by atoms with E-state index in [9.17, 15) is 0 Å². The number of rotatable bonds is 8. The summed E-state index contributed by atoms with van der Waals surface area (Å²) < 4.78 is 12.0. The molecule has 0 saturated carbocycles. The number of aromatic nitrogens is 1. The summed E-state index contributed by atoms with van der Waals surface area (Å²) in [5.74, 6) is 0.851. The van der Waals surface area contributed by atoms with Crippen LogP contribution in [0.4, 0.5) is 6.01 Å². The Bertz CT molecular complexity index is 1000. The SMILES string of the molecule is Cl.NCCN(Cc1ccccc1OCc1ccccc1)c1nc2ccccc2o1. The molecule has 0 amide bonds. The predicted octanol–water partition coefficient (Wildman–Crippen LogP) is 4.79. The van der Waals surface area contributed by atoms with Gasteiger partial charge < -0.3 is 19.8 Å². The minimum absolute atomic E-state index is 0. The van der Waals surface area contributed by atoms with Crippen LogP contribution in [0.3, 0.4) is 0 Å². The fraction of sp³-hybridized carbons (Fsp3) is 0.174. The first-order chi connectivity index (χ1) is 13.8. The molecule has 150 valence electrons. The number of anilines is 1. The van der Waals surface area contributed by atoms with Gasteiger partial charge >= 0.3 is 0 Å². The van der Waals surface area contributed by atoms with Crippen molar-refractivity contribution in [1.29, 1.82) is 0 Å². The summed E-state index contributed by atoms with van der Waals surface area (Å²) in [6.45, 7) is 2.28. The molecule has 0 aliphatic rings. The van der Waals surface area contributed by atoms with Crippen molar-refractivity contribution in [2.24, 2.45) is 5.73 Å². The van der Waals surface area contributed by atoms with Crippen molar-refractivity contribution in [1.82, 2.24) is 4.98 Å². The van der Waals surface area contributed by atoms with Gasteiger partial charge in [-0.1, -0.05) is 60.7 Å². The lowest BCUT2D eigenvalue weighted by Gasteiger charge is -2.21. The second-order valence-corrected chi connectivity index (χ2v) is 6.56. The van der Waals surface area contributed by atoms with Crippen LogP contribution >= 0.6 is 12.4 Å². The molecular weight excluding hydrogens is 386 g/mol. The molecule has 3 aromatic carbocycles. The van der Waals surface area contributed by atoms with Crippen LogP contribution in [0.15, 0.2) is 83.3 Å². The molecule has 1 heterocycles. The van der Waals surface area contributed by atoms with Gasteiger partial charge in [-0.2, -0.15) is 4.98 Å². The molecule has 4 rings (SSSR count). The van der Waals surface area contributed by atoms with Crippen LogP contribution in [-0.4, -0.2) is 18.1 Å². The first kappa shape index (κ1) is 20.7. The fourth-order valence-electron chi connectivity index (χ4n) is 3.11. The topological polar surface area (TPSA) is 64.5 Å². The third-order valence-corrected chi connectivity index (χ3v) is 4.52. The minimum Gasteiger partial charge on any atom is -0.489 e. The van der Waals surface area contributed by atoms with E-state index < -0.39 is 0 Å². The Kier molecular flexibility index (Phi) is 7.11. The summed E-state index contributed by atoms with van der Waals surface area (Å²) in [6, 6.07) is 26.5. The Balaban J connectivity index is 0.00000240. The number of nitrogens with zero attached hydrogens (tertiary/aromatic N) is 2. The Morgan fingerprint density at radius 1 is 0.897 bits per heavy atom. The van der Waals surface area contributed by atoms with Gasteiger partial charge in [0.1, 0.15) is 17.9 Å². The van der Waals surface area contributed by atoms with E-state index in [1.165, 1.54) is 0 Å². The molecule has 2 N–H and O–H groups in total. The number of benzene rings is 3. The van der Waals surface area contributed by atoms with Crippen molar-refractivity contribution >= 4 is 29.5 Å². The number of halogens is 1. The molecule has 0 unspecified atom stereocenters. The van der Waals surface area contributed by atoms with Crippen molar-refractivity contribution in [3.05, 3.63) is 90.0 Å².